The van der Waals surface area contributed by atoms with Gasteiger partial charge in [0.15, 0.2) is 0 Å². The summed E-state index contributed by atoms with van der Waals surface area (Å²) in [6.07, 6.45) is 1.27. The second kappa shape index (κ2) is 5.71. The van der Waals surface area contributed by atoms with Crippen molar-refractivity contribution in [2.24, 2.45) is 0 Å². The summed E-state index contributed by atoms with van der Waals surface area (Å²) in [4.78, 5) is 14.7. The number of carboxylic acid groups (broad SMARTS) is 1. The molecule has 1 aromatic carbocycles. The van der Waals surface area contributed by atoms with Crippen LogP contribution in [0.3, 0.4) is 0 Å². The van der Waals surface area contributed by atoms with Crippen molar-refractivity contribution >= 4 is 33.3 Å². The molecule has 6 nitrogen and oxygen atoms in total. The molecule has 0 radical (unpaired) electrons. The van der Waals surface area contributed by atoms with Crippen LogP contribution in [0.4, 0.5) is 5.69 Å². The van der Waals surface area contributed by atoms with E-state index in [0.717, 1.165) is 6.07 Å². The summed E-state index contributed by atoms with van der Waals surface area (Å²) in [6.45, 7) is 1.59. The topological polar surface area (TPSA) is 96.4 Å². The van der Waals surface area contributed by atoms with Gasteiger partial charge in [0, 0.05) is 0 Å². The summed E-state index contributed by atoms with van der Waals surface area (Å²) in [7, 11) is -3.90. The van der Waals surface area contributed by atoms with Crippen molar-refractivity contribution < 1.29 is 18.3 Å². The molecule has 1 heterocycles. The molecular formula is C13H11ClN2O4S. The first-order valence-electron chi connectivity index (χ1n) is 5.78. The molecule has 0 saturated carbocycles. The summed E-state index contributed by atoms with van der Waals surface area (Å²) in [5, 5.41) is 9.27. The molecule has 0 spiro atoms. The summed E-state index contributed by atoms with van der Waals surface area (Å²) in [6, 6.07) is 6.80. The molecule has 2 rings (SSSR count). The Hall–Kier alpha value is -2.12. The maximum absolute atomic E-state index is 12.2. The second-order valence-corrected chi connectivity index (χ2v) is 6.33. The smallest absolute Gasteiger partial charge is 0.335 e. The van der Waals surface area contributed by atoms with E-state index in [1.165, 1.54) is 30.5 Å². The summed E-state index contributed by atoms with van der Waals surface area (Å²) < 4.78 is 26.7. The monoisotopic (exact) mass is 326 g/mol. The number of carboxylic acids is 1. The van der Waals surface area contributed by atoms with E-state index in [9.17, 15) is 13.2 Å². The molecule has 0 amide bonds. The van der Waals surface area contributed by atoms with Gasteiger partial charge in [-0.3, -0.25) is 4.72 Å². The molecule has 8 heteroatoms. The Kier molecular flexibility index (Phi) is 4.15. The number of carbonyl (C=O) groups is 1. The Morgan fingerprint density at radius 2 is 2.00 bits per heavy atom. The van der Waals surface area contributed by atoms with Crippen LogP contribution in [0.1, 0.15) is 15.9 Å². The first kappa shape index (κ1) is 15.3. The number of nitrogens with one attached hydrogen (secondary N) is 1. The van der Waals surface area contributed by atoms with Gasteiger partial charge in [0.1, 0.15) is 5.15 Å². The largest absolute Gasteiger partial charge is 0.478 e. The van der Waals surface area contributed by atoms with E-state index in [2.05, 4.69) is 9.71 Å². The van der Waals surface area contributed by atoms with E-state index in [0.29, 0.717) is 5.56 Å². The van der Waals surface area contributed by atoms with Gasteiger partial charge in [-0.1, -0.05) is 17.7 Å². The standard InChI is InChI=1S/C13H11ClN2O4S/c1-8-2-4-10(6-11(8)13(17)18)21(19,20)16-9-3-5-12(14)15-7-9/h2-7,16H,1H3,(H,17,18). The van der Waals surface area contributed by atoms with Crippen LogP contribution in [0.2, 0.25) is 5.15 Å². The Balaban J connectivity index is 2.38. The number of nitrogens with zero attached hydrogens (tertiary/aromatic N) is 1. The zero-order valence-corrected chi connectivity index (χ0v) is 12.4. The molecule has 0 saturated heterocycles. The minimum Gasteiger partial charge on any atom is -0.478 e. The Morgan fingerprint density at radius 3 is 2.57 bits per heavy atom. The number of aromatic nitrogens is 1. The van der Waals surface area contributed by atoms with E-state index in [-0.39, 0.29) is 21.3 Å². The molecule has 0 fully saturated rings. The lowest BCUT2D eigenvalue weighted by atomic mass is 10.1. The van der Waals surface area contributed by atoms with Crippen LogP contribution < -0.4 is 4.72 Å². The van der Waals surface area contributed by atoms with Gasteiger partial charge >= 0.3 is 5.97 Å². The first-order valence-corrected chi connectivity index (χ1v) is 7.64. The van der Waals surface area contributed by atoms with Crippen LogP contribution in [0.5, 0.6) is 0 Å². The molecule has 0 atom stereocenters. The van der Waals surface area contributed by atoms with Crippen molar-refractivity contribution in [3.8, 4) is 0 Å². The number of hydrogen-bond acceptors (Lipinski definition) is 4. The molecule has 0 unspecified atom stereocenters. The molecule has 1 aromatic heterocycles. The molecule has 21 heavy (non-hydrogen) atoms. The van der Waals surface area contributed by atoms with Crippen LogP contribution in [0, 0.1) is 6.92 Å². The van der Waals surface area contributed by atoms with Gasteiger partial charge in [0.2, 0.25) is 0 Å². The lowest BCUT2D eigenvalue weighted by molar-refractivity contribution is 0.0696. The number of hydrogen-bond donors (Lipinski definition) is 2. The minimum absolute atomic E-state index is 0.0629. The highest BCUT2D eigenvalue weighted by molar-refractivity contribution is 7.92. The van der Waals surface area contributed by atoms with Crippen molar-refractivity contribution in [1.82, 2.24) is 4.98 Å². The lowest BCUT2D eigenvalue weighted by Crippen LogP contribution is -2.14. The highest BCUT2D eigenvalue weighted by Crippen LogP contribution is 2.19. The predicted molar refractivity (Wildman–Crippen MR) is 78.2 cm³/mol. The van der Waals surface area contributed by atoms with E-state index >= 15 is 0 Å². The average Bonchev–Trinajstić information content (AvgIpc) is 2.41. The van der Waals surface area contributed by atoms with Gasteiger partial charge in [-0.15, -0.1) is 0 Å². The van der Waals surface area contributed by atoms with Crippen LogP contribution in [0.15, 0.2) is 41.4 Å². The van der Waals surface area contributed by atoms with Gasteiger partial charge in [-0.25, -0.2) is 18.2 Å². The van der Waals surface area contributed by atoms with Gasteiger partial charge in [0.05, 0.1) is 22.3 Å². The van der Waals surface area contributed by atoms with Gasteiger partial charge in [-0.2, -0.15) is 0 Å². The van der Waals surface area contributed by atoms with Gasteiger partial charge in [0.25, 0.3) is 10.0 Å². The van der Waals surface area contributed by atoms with Crippen molar-refractivity contribution in [1.29, 1.82) is 0 Å². The fourth-order valence-corrected chi connectivity index (χ4v) is 2.83. The van der Waals surface area contributed by atoms with Gasteiger partial charge < -0.3 is 5.11 Å². The van der Waals surface area contributed by atoms with Crippen LogP contribution in [-0.4, -0.2) is 24.5 Å². The zero-order chi connectivity index (χ0) is 15.6. The predicted octanol–water partition coefficient (Wildman–Crippen LogP) is 2.54. The van der Waals surface area contributed by atoms with Crippen LogP contribution in [-0.2, 0) is 10.0 Å². The molecule has 0 bridgehead atoms. The quantitative estimate of drug-likeness (QED) is 0.842. The third-order valence-corrected chi connectivity index (χ3v) is 4.33. The normalized spacial score (nSPS) is 11.1. The summed E-state index contributed by atoms with van der Waals surface area (Å²) in [5.74, 6) is -1.18. The first-order chi connectivity index (χ1) is 9.79. The molecule has 0 aliphatic heterocycles. The summed E-state index contributed by atoms with van der Waals surface area (Å²) >= 11 is 5.62. The van der Waals surface area contributed by atoms with E-state index < -0.39 is 16.0 Å². The molecular weight excluding hydrogens is 316 g/mol. The third kappa shape index (κ3) is 3.50. The number of rotatable bonds is 4. The second-order valence-electron chi connectivity index (χ2n) is 4.26. The molecule has 2 aromatic rings. The number of aromatic carboxylic acids is 1. The van der Waals surface area contributed by atoms with Crippen molar-refractivity contribution in [3.05, 3.63) is 52.8 Å². The van der Waals surface area contributed by atoms with Crippen LogP contribution >= 0.6 is 11.6 Å². The number of benzene rings is 1. The third-order valence-electron chi connectivity index (χ3n) is 2.73. The fourth-order valence-electron chi connectivity index (χ4n) is 1.65. The molecule has 2 N–H and O–H groups in total. The highest BCUT2D eigenvalue weighted by atomic mass is 35.5. The van der Waals surface area contributed by atoms with E-state index in [4.69, 9.17) is 16.7 Å². The zero-order valence-electron chi connectivity index (χ0n) is 10.9. The molecule has 0 aliphatic carbocycles. The molecule has 110 valence electrons. The van der Waals surface area contributed by atoms with Crippen molar-refractivity contribution in [2.45, 2.75) is 11.8 Å². The SMILES string of the molecule is Cc1ccc(S(=O)(=O)Nc2ccc(Cl)nc2)cc1C(=O)O. The Morgan fingerprint density at radius 1 is 1.29 bits per heavy atom. The minimum atomic E-state index is -3.90. The molecule has 0 aliphatic rings. The number of pyridine rings is 1. The van der Waals surface area contributed by atoms with Crippen LogP contribution in [0.25, 0.3) is 0 Å². The Bertz CT molecular complexity index is 788. The van der Waals surface area contributed by atoms with Gasteiger partial charge in [-0.05, 0) is 36.8 Å². The average molecular weight is 327 g/mol. The highest BCUT2D eigenvalue weighted by Gasteiger charge is 2.18. The Labute approximate surface area is 126 Å². The van der Waals surface area contributed by atoms with E-state index in [1.54, 1.807) is 6.92 Å². The maximum Gasteiger partial charge on any atom is 0.335 e. The number of sulfonamides is 1. The number of aryl methyl sites for hydroxylation is 1. The lowest BCUT2D eigenvalue weighted by Gasteiger charge is -2.09. The maximum atomic E-state index is 12.2. The summed E-state index contributed by atoms with van der Waals surface area (Å²) in [5.41, 5.74) is 0.651. The van der Waals surface area contributed by atoms with Crippen molar-refractivity contribution in [2.75, 3.05) is 4.72 Å². The van der Waals surface area contributed by atoms with Crippen molar-refractivity contribution in [3.63, 3.8) is 0 Å². The van der Waals surface area contributed by atoms with E-state index in [1.807, 2.05) is 0 Å². The fraction of sp³-hybridized carbons (Fsp3) is 0.0769. The number of halogens is 1. The number of anilines is 1.